The van der Waals surface area contributed by atoms with E-state index in [-0.39, 0.29) is 48.9 Å². The number of carbonyl (C=O) groups excluding carboxylic acids is 4. The molecule has 1 aromatic carbocycles. The standard InChI is InChI=1S/C29H45NO8/c1-9-11-19(3)25(31)37-23-14-13-21(18-24(23)38-26(32)20(4)12-10-2)17-22(27(33)35-8)30-15-16-36-28(34)29(5,6)7/h13-14,18-20,22,30H,9-12,15-17H2,1-8H3/t19?,20?,22-/m0/s1. The molecule has 0 saturated heterocycles. The lowest BCUT2D eigenvalue weighted by Gasteiger charge is -2.20. The van der Waals surface area contributed by atoms with Gasteiger partial charge in [0.05, 0.1) is 24.4 Å². The highest BCUT2D eigenvalue weighted by Crippen LogP contribution is 2.31. The molecule has 1 rings (SSSR count). The molecule has 0 aromatic heterocycles. The van der Waals surface area contributed by atoms with Gasteiger partial charge in [-0.1, -0.05) is 46.6 Å². The van der Waals surface area contributed by atoms with E-state index in [1.54, 1.807) is 52.8 Å². The lowest BCUT2D eigenvalue weighted by Crippen LogP contribution is -2.41. The van der Waals surface area contributed by atoms with Crippen LogP contribution in [0, 0.1) is 17.3 Å². The number of hydrogen-bond acceptors (Lipinski definition) is 9. The molecule has 0 aliphatic heterocycles. The molecular weight excluding hydrogens is 490 g/mol. The number of benzene rings is 1. The molecule has 0 saturated carbocycles. The maximum absolute atomic E-state index is 12.7. The maximum Gasteiger partial charge on any atom is 0.323 e. The number of ether oxygens (including phenoxy) is 4. The smallest absolute Gasteiger partial charge is 0.323 e. The molecule has 214 valence electrons. The zero-order valence-corrected chi connectivity index (χ0v) is 24.2. The van der Waals surface area contributed by atoms with Crippen LogP contribution in [0.1, 0.15) is 79.7 Å². The van der Waals surface area contributed by atoms with Crippen molar-refractivity contribution in [3.8, 4) is 11.5 Å². The summed E-state index contributed by atoms with van der Waals surface area (Å²) in [5.74, 6) is -2.02. The van der Waals surface area contributed by atoms with Gasteiger partial charge in [0, 0.05) is 6.54 Å². The van der Waals surface area contributed by atoms with Crippen LogP contribution in [0.3, 0.4) is 0 Å². The summed E-state index contributed by atoms with van der Waals surface area (Å²) in [6.45, 7) is 13.2. The molecule has 0 aliphatic carbocycles. The van der Waals surface area contributed by atoms with E-state index in [1.165, 1.54) is 7.11 Å². The fraction of sp³-hybridized carbons (Fsp3) is 0.655. The lowest BCUT2D eigenvalue weighted by molar-refractivity contribution is -0.152. The van der Waals surface area contributed by atoms with Crippen molar-refractivity contribution in [3.05, 3.63) is 23.8 Å². The van der Waals surface area contributed by atoms with Gasteiger partial charge in [-0.3, -0.25) is 19.2 Å². The summed E-state index contributed by atoms with van der Waals surface area (Å²) in [5, 5.41) is 3.05. The van der Waals surface area contributed by atoms with E-state index in [0.29, 0.717) is 18.4 Å². The van der Waals surface area contributed by atoms with Crippen LogP contribution in [0.4, 0.5) is 0 Å². The third kappa shape index (κ3) is 11.2. The first-order chi connectivity index (χ1) is 17.8. The molecule has 1 N–H and O–H groups in total. The fourth-order valence-electron chi connectivity index (χ4n) is 3.57. The average Bonchev–Trinajstić information content (AvgIpc) is 2.86. The molecule has 9 heteroatoms. The molecule has 2 unspecified atom stereocenters. The van der Waals surface area contributed by atoms with Gasteiger partial charge in [0.25, 0.3) is 0 Å². The predicted octanol–water partition coefficient (Wildman–Crippen LogP) is 4.63. The first-order valence-corrected chi connectivity index (χ1v) is 13.4. The Morgan fingerprint density at radius 1 is 0.868 bits per heavy atom. The third-order valence-electron chi connectivity index (χ3n) is 5.94. The minimum absolute atomic E-state index is 0.0899. The van der Waals surface area contributed by atoms with E-state index in [2.05, 4.69) is 5.32 Å². The highest BCUT2D eigenvalue weighted by Gasteiger charge is 2.25. The zero-order chi connectivity index (χ0) is 28.9. The van der Waals surface area contributed by atoms with E-state index in [4.69, 9.17) is 18.9 Å². The van der Waals surface area contributed by atoms with Crippen LogP contribution in [0.15, 0.2) is 18.2 Å². The van der Waals surface area contributed by atoms with Crippen molar-refractivity contribution in [1.82, 2.24) is 5.32 Å². The number of methoxy groups -OCH3 is 1. The minimum atomic E-state index is -0.742. The van der Waals surface area contributed by atoms with Crippen molar-refractivity contribution in [1.29, 1.82) is 0 Å². The molecule has 1 aromatic rings. The highest BCUT2D eigenvalue weighted by atomic mass is 16.6. The summed E-state index contributed by atoms with van der Waals surface area (Å²) < 4.78 is 21.4. The Labute approximate surface area is 226 Å². The van der Waals surface area contributed by atoms with E-state index >= 15 is 0 Å². The molecule has 0 fully saturated rings. The van der Waals surface area contributed by atoms with Gasteiger partial charge < -0.3 is 24.3 Å². The van der Waals surface area contributed by atoms with Crippen LogP contribution in [-0.4, -0.2) is 50.2 Å². The summed E-state index contributed by atoms with van der Waals surface area (Å²) in [6, 6.07) is 4.13. The monoisotopic (exact) mass is 535 g/mol. The molecule has 0 spiro atoms. The van der Waals surface area contributed by atoms with Crippen LogP contribution < -0.4 is 14.8 Å². The quantitative estimate of drug-likeness (QED) is 0.195. The van der Waals surface area contributed by atoms with Crippen molar-refractivity contribution >= 4 is 23.9 Å². The number of esters is 4. The van der Waals surface area contributed by atoms with Crippen LogP contribution in [0.5, 0.6) is 11.5 Å². The van der Waals surface area contributed by atoms with E-state index < -0.39 is 29.4 Å². The van der Waals surface area contributed by atoms with Crippen LogP contribution in [0.2, 0.25) is 0 Å². The summed E-state index contributed by atoms with van der Waals surface area (Å²) in [6.07, 6.45) is 3.20. The summed E-state index contributed by atoms with van der Waals surface area (Å²) in [4.78, 5) is 49.6. The van der Waals surface area contributed by atoms with Crippen molar-refractivity contribution in [2.24, 2.45) is 17.3 Å². The van der Waals surface area contributed by atoms with E-state index in [1.807, 2.05) is 13.8 Å². The van der Waals surface area contributed by atoms with Crippen molar-refractivity contribution < 1.29 is 38.1 Å². The summed E-state index contributed by atoms with van der Waals surface area (Å²) in [5.41, 5.74) is 0.0379. The topological polar surface area (TPSA) is 117 Å². The van der Waals surface area contributed by atoms with Gasteiger partial charge in [-0.2, -0.15) is 0 Å². The largest absolute Gasteiger partial charge is 0.468 e. The second kappa shape index (κ2) is 16.1. The van der Waals surface area contributed by atoms with Gasteiger partial charge in [0.2, 0.25) is 0 Å². The van der Waals surface area contributed by atoms with E-state index in [9.17, 15) is 19.2 Å². The van der Waals surface area contributed by atoms with Crippen molar-refractivity contribution in [3.63, 3.8) is 0 Å². The second-order valence-electron chi connectivity index (χ2n) is 10.6. The Kier molecular flexibility index (Phi) is 14.0. The molecule has 0 heterocycles. The predicted molar refractivity (Wildman–Crippen MR) is 144 cm³/mol. The zero-order valence-electron chi connectivity index (χ0n) is 24.2. The molecule has 38 heavy (non-hydrogen) atoms. The Bertz CT molecular complexity index is 937. The number of carbonyl (C=O) groups is 4. The first kappa shape index (κ1) is 33.1. The number of rotatable bonds is 15. The molecule has 0 amide bonds. The third-order valence-corrected chi connectivity index (χ3v) is 5.94. The molecule has 3 atom stereocenters. The number of nitrogens with one attached hydrogen (secondary N) is 1. The molecule has 9 nitrogen and oxygen atoms in total. The van der Waals surface area contributed by atoms with Crippen LogP contribution in [0.25, 0.3) is 0 Å². The summed E-state index contributed by atoms with van der Waals surface area (Å²) in [7, 11) is 1.29. The number of hydrogen-bond donors (Lipinski definition) is 1. The lowest BCUT2D eigenvalue weighted by atomic mass is 9.97. The van der Waals surface area contributed by atoms with Crippen LogP contribution >= 0.6 is 0 Å². The van der Waals surface area contributed by atoms with E-state index in [0.717, 1.165) is 12.8 Å². The van der Waals surface area contributed by atoms with Gasteiger partial charge in [0.15, 0.2) is 11.5 Å². The van der Waals surface area contributed by atoms with Crippen LogP contribution in [-0.2, 0) is 35.1 Å². The van der Waals surface area contributed by atoms with Gasteiger partial charge >= 0.3 is 23.9 Å². The minimum Gasteiger partial charge on any atom is -0.468 e. The second-order valence-corrected chi connectivity index (χ2v) is 10.6. The first-order valence-electron chi connectivity index (χ1n) is 13.4. The Hall–Kier alpha value is -2.94. The Morgan fingerprint density at radius 2 is 1.42 bits per heavy atom. The van der Waals surface area contributed by atoms with Gasteiger partial charge in [-0.15, -0.1) is 0 Å². The highest BCUT2D eigenvalue weighted by molar-refractivity contribution is 5.79. The molecule has 0 aliphatic rings. The SMILES string of the molecule is CCCC(C)C(=O)Oc1ccc(C[C@H](NCCOC(=O)C(C)(C)C)C(=O)OC)cc1OC(=O)C(C)CCC. The summed E-state index contributed by atoms with van der Waals surface area (Å²) >= 11 is 0. The average molecular weight is 536 g/mol. The van der Waals surface area contributed by atoms with Gasteiger partial charge in [0.1, 0.15) is 12.6 Å². The van der Waals surface area contributed by atoms with Gasteiger partial charge in [-0.05, 0) is 57.7 Å². The molecule has 0 bridgehead atoms. The maximum atomic E-state index is 12.7. The molecule has 0 radical (unpaired) electrons. The van der Waals surface area contributed by atoms with Crippen molar-refractivity contribution in [2.45, 2.75) is 86.6 Å². The van der Waals surface area contributed by atoms with Gasteiger partial charge in [-0.25, -0.2) is 0 Å². The Morgan fingerprint density at radius 3 is 1.92 bits per heavy atom. The fourth-order valence-corrected chi connectivity index (χ4v) is 3.57. The normalized spacial score (nSPS) is 13.7. The van der Waals surface area contributed by atoms with Crippen molar-refractivity contribution in [2.75, 3.05) is 20.3 Å². The molecular formula is C29H45NO8. The Balaban J connectivity index is 3.09.